The maximum atomic E-state index is 4.83. The van der Waals surface area contributed by atoms with E-state index in [1.165, 1.54) is 0 Å². The van der Waals surface area contributed by atoms with Crippen LogP contribution in [-0.2, 0) is 0 Å². The number of rotatable bonds is 0. The maximum absolute atomic E-state index is 4.83. The van der Waals surface area contributed by atoms with Crippen LogP contribution in [0.25, 0.3) is 0 Å². The molecular weight excluding hydrogens is 360 g/mol. The number of hydrogen-bond donors (Lipinski definition) is 1. The summed E-state index contributed by atoms with van der Waals surface area (Å²) in [6.45, 7) is 0. The topological polar surface area (TPSA) is 26.0 Å². The molecule has 0 aromatic rings. The SMILES string of the molecule is NCI.[PbH2]. The van der Waals surface area contributed by atoms with E-state index in [0.29, 0.717) is 0 Å². The zero-order valence-electron chi connectivity index (χ0n) is 2.37. The number of alkyl halides is 1. The summed E-state index contributed by atoms with van der Waals surface area (Å²) in [6.07, 6.45) is 0. The average Bonchev–Trinajstić information content (AvgIpc) is 0.918. The van der Waals surface area contributed by atoms with Gasteiger partial charge >= 0.3 is 27.3 Å². The summed E-state index contributed by atoms with van der Waals surface area (Å²) in [5, 5.41) is 0. The molecule has 0 bridgehead atoms. The van der Waals surface area contributed by atoms with Crippen LogP contribution in [0.5, 0.6) is 0 Å². The van der Waals surface area contributed by atoms with Gasteiger partial charge in [0, 0.05) is 4.55 Å². The molecule has 0 aromatic carbocycles. The first kappa shape index (κ1) is 9.15. The van der Waals surface area contributed by atoms with Gasteiger partial charge in [0.25, 0.3) is 0 Å². The van der Waals surface area contributed by atoms with Crippen LogP contribution in [0.1, 0.15) is 0 Å². The van der Waals surface area contributed by atoms with Crippen LogP contribution in [0.2, 0.25) is 0 Å². The summed E-state index contributed by atoms with van der Waals surface area (Å²) in [4.78, 5) is 0. The minimum atomic E-state index is 0. The van der Waals surface area contributed by atoms with Crippen molar-refractivity contribution in [2.75, 3.05) is 4.55 Å². The summed E-state index contributed by atoms with van der Waals surface area (Å²) in [5.74, 6) is 0. The third-order valence-electron chi connectivity index (χ3n) is 0. The van der Waals surface area contributed by atoms with E-state index in [9.17, 15) is 0 Å². The average molecular weight is 366 g/mol. The molecule has 2 N–H and O–H groups in total. The first-order valence-electron chi connectivity index (χ1n) is 0.676. The molecule has 3 heteroatoms. The fraction of sp³-hybridized carbons (Fsp3) is 1.00. The van der Waals surface area contributed by atoms with Crippen LogP contribution < -0.4 is 5.73 Å². The van der Waals surface area contributed by atoms with Crippen molar-refractivity contribution in [3.05, 3.63) is 0 Å². The molecule has 2 radical (unpaired) electrons. The Morgan fingerprint density at radius 1 is 1.75 bits per heavy atom. The molecule has 0 heterocycles. The Labute approximate surface area is 59.6 Å². The van der Waals surface area contributed by atoms with Gasteiger partial charge in [0.15, 0.2) is 0 Å². The van der Waals surface area contributed by atoms with Crippen LogP contribution in [0.3, 0.4) is 0 Å². The van der Waals surface area contributed by atoms with Gasteiger partial charge in [-0.25, -0.2) is 0 Å². The van der Waals surface area contributed by atoms with Crippen molar-refractivity contribution in [3.63, 3.8) is 0 Å². The summed E-state index contributed by atoms with van der Waals surface area (Å²) in [6, 6.07) is 0. The molecule has 0 unspecified atom stereocenters. The Bertz CT molecular complexity index is 8.00. The molecule has 0 atom stereocenters. The third-order valence-corrected chi connectivity index (χ3v) is 0. The van der Waals surface area contributed by atoms with Crippen LogP contribution in [-0.4, -0.2) is 31.9 Å². The molecule has 0 saturated heterocycles. The fourth-order valence-corrected chi connectivity index (χ4v) is 0. The molecule has 4 heavy (non-hydrogen) atoms. The second-order valence-corrected chi connectivity index (χ2v) is 1.04. The number of nitrogens with two attached hydrogens (primary N) is 1. The zero-order valence-corrected chi connectivity index (χ0v) is 10.0. The van der Waals surface area contributed by atoms with E-state index in [1.54, 1.807) is 0 Å². The van der Waals surface area contributed by atoms with E-state index in [-0.39, 0.29) is 27.3 Å². The Morgan fingerprint density at radius 3 is 1.75 bits per heavy atom. The Hall–Kier alpha value is 1.61. The fourth-order valence-electron chi connectivity index (χ4n) is 0. The minimum absolute atomic E-state index is 0. The van der Waals surface area contributed by atoms with E-state index >= 15 is 0 Å². The van der Waals surface area contributed by atoms with E-state index in [4.69, 9.17) is 5.73 Å². The third kappa shape index (κ3) is 9.48. The Balaban J connectivity index is 0. The van der Waals surface area contributed by atoms with Crippen LogP contribution in [0, 0.1) is 0 Å². The van der Waals surface area contributed by atoms with Crippen LogP contribution in [0.4, 0.5) is 0 Å². The molecule has 1 nitrogen and oxygen atoms in total. The van der Waals surface area contributed by atoms with Gasteiger partial charge in [-0.3, -0.25) is 0 Å². The van der Waals surface area contributed by atoms with Crippen molar-refractivity contribution < 1.29 is 0 Å². The monoisotopic (exact) mass is 367 g/mol. The molecule has 26 valence electrons. The van der Waals surface area contributed by atoms with Crippen LogP contribution in [0.15, 0.2) is 0 Å². The molecule has 0 aliphatic heterocycles. The molecule has 0 saturated carbocycles. The molecule has 0 spiro atoms. The van der Waals surface area contributed by atoms with E-state index < -0.39 is 0 Å². The van der Waals surface area contributed by atoms with Gasteiger partial charge < -0.3 is 5.73 Å². The molecule has 0 fully saturated rings. The molecule has 0 aliphatic carbocycles. The van der Waals surface area contributed by atoms with Crippen molar-refractivity contribution in [1.29, 1.82) is 0 Å². The normalized spacial score (nSPS) is 4.50. The Morgan fingerprint density at radius 2 is 1.75 bits per heavy atom. The number of hydrogen-bond acceptors (Lipinski definition) is 1. The standard InChI is InChI=1S/CH4IN.Pb.2H/c2-1-3;;;/h1,3H2;;;. The first-order valence-corrected chi connectivity index (χ1v) is 2.20. The number of halogens is 1. The van der Waals surface area contributed by atoms with Gasteiger partial charge in [-0.05, 0) is 0 Å². The molecule has 0 aliphatic rings. The van der Waals surface area contributed by atoms with E-state index in [2.05, 4.69) is 22.6 Å². The summed E-state index contributed by atoms with van der Waals surface area (Å²) < 4.78 is 0.720. The van der Waals surface area contributed by atoms with E-state index in [0.717, 1.165) is 4.55 Å². The van der Waals surface area contributed by atoms with Gasteiger partial charge in [0.05, 0.1) is 0 Å². The molecular formula is CH6INPb. The second-order valence-electron chi connectivity index (χ2n) is 0.154. The van der Waals surface area contributed by atoms with Gasteiger partial charge in [0.1, 0.15) is 0 Å². The molecule has 0 amide bonds. The summed E-state index contributed by atoms with van der Waals surface area (Å²) >= 11 is 2.07. The predicted molar refractivity (Wildman–Crippen MR) is 31.6 cm³/mol. The Kier molecular flexibility index (Phi) is 20.2. The van der Waals surface area contributed by atoms with Gasteiger partial charge in [0.2, 0.25) is 0 Å². The van der Waals surface area contributed by atoms with Gasteiger partial charge in [-0.1, -0.05) is 22.6 Å². The van der Waals surface area contributed by atoms with Crippen molar-refractivity contribution >= 4 is 49.9 Å². The quantitative estimate of drug-likeness (QED) is 0.264. The van der Waals surface area contributed by atoms with E-state index in [1.807, 2.05) is 0 Å². The summed E-state index contributed by atoms with van der Waals surface area (Å²) in [5.41, 5.74) is 4.83. The van der Waals surface area contributed by atoms with Crippen molar-refractivity contribution in [2.24, 2.45) is 5.73 Å². The zero-order chi connectivity index (χ0) is 2.71. The van der Waals surface area contributed by atoms with Crippen LogP contribution >= 0.6 is 22.6 Å². The molecule has 0 rings (SSSR count). The predicted octanol–water partition coefficient (Wildman–Crippen LogP) is -0.579. The second kappa shape index (κ2) is 8.82. The first-order chi connectivity index (χ1) is 1.41. The van der Waals surface area contributed by atoms with Crippen molar-refractivity contribution in [1.82, 2.24) is 0 Å². The molecule has 0 aromatic heterocycles. The van der Waals surface area contributed by atoms with Crippen molar-refractivity contribution in [3.8, 4) is 0 Å². The van der Waals surface area contributed by atoms with Gasteiger partial charge in [-0.15, -0.1) is 0 Å². The van der Waals surface area contributed by atoms with Gasteiger partial charge in [-0.2, -0.15) is 0 Å². The van der Waals surface area contributed by atoms with Crippen molar-refractivity contribution in [2.45, 2.75) is 0 Å². The summed E-state index contributed by atoms with van der Waals surface area (Å²) in [7, 11) is 0.